The van der Waals surface area contributed by atoms with E-state index in [0.717, 1.165) is 57.3 Å². The molecule has 2 rings (SSSR count). The minimum atomic E-state index is -0.693. The molecule has 18 heavy (non-hydrogen) atoms. The van der Waals surface area contributed by atoms with Crippen LogP contribution < -0.4 is 0 Å². The number of rotatable bonds is 3. The lowest BCUT2D eigenvalue weighted by molar-refractivity contribution is -0.0756. The summed E-state index contributed by atoms with van der Waals surface area (Å²) >= 11 is 0. The summed E-state index contributed by atoms with van der Waals surface area (Å²) in [6.45, 7) is 4.44. The molecule has 0 amide bonds. The van der Waals surface area contributed by atoms with Crippen LogP contribution in [-0.4, -0.2) is 10.7 Å². The minimum absolute atomic E-state index is 0.442. The van der Waals surface area contributed by atoms with E-state index < -0.39 is 11.0 Å². The number of nitriles is 1. The van der Waals surface area contributed by atoms with Gasteiger partial charge in [0.15, 0.2) is 0 Å². The van der Waals surface area contributed by atoms with Crippen LogP contribution in [0, 0.1) is 28.6 Å². The molecule has 0 saturated heterocycles. The van der Waals surface area contributed by atoms with Gasteiger partial charge in [-0.2, -0.15) is 5.26 Å². The van der Waals surface area contributed by atoms with Crippen molar-refractivity contribution in [1.29, 1.82) is 5.26 Å². The molecule has 0 bridgehead atoms. The molecule has 0 aliphatic heterocycles. The van der Waals surface area contributed by atoms with Gasteiger partial charge in [-0.15, -0.1) is 0 Å². The van der Waals surface area contributed by atoms with Crippen LogP contribution in [0.2, 0.25) is 0 Å². The molecule has 2 fully saturated rings. The summed E-state index contributed by atoms with van der Waals surface area (Å²) < 4.78 is 0. The second-order valence-corrected chi connectivity index (χ2v) is 6.59. The van der Waals surface area contributed by atoms with Gasteiger partial charge < -0.3 is 5.11 Å². The molecule has 1 N–H and O–H groups in total. The molecule has 2 heteroatoms. The Morgan fingerprint density at radius 1 is 1.06 bits per heavy atom. The Kier molecular flexibility index (Phi) is 4.02. The third-order valence-electron chi connectivity index (χ3n) is 5.81. The lowest BCUT2D eigenvalue weighted by Gasteiger charge is -2.45. The fraction of sp³-hybridized carbons (Fsp3) is 0.938. The van der Waals surface area contributed by atoms with Crippen LogP contribution in [0.3, 0.4) is 0 Å². The Hall–Kier alpha value is -0.550. The predicted octanol–water partition coefficient (Wildman–Crippen LogP) is 4.04. The SMILES string of the molecule is CCC1CCC(C#N)(C2(O)CCC(CC)C2)CC1. The highest BCUT2D eigenvalue weighted by Gasteiger charge is 2.54. The monoisotopic (exact) mass is 249 g/mol. The number of nitrogens with zero attached hydrogens (tertiary/aromatic N) is 1. The highest BCUT2D eigenvalue weighted by Crippen LogP contribution is 2.54. The van der Waals surface area contributed by atoms with Crippen LogP contribution in [0.4, 0.5) is 0 Å². The summed E-state index contributed by atoms with van der Waals surface area (Å²) in [5.74, 6) is 1.41. The maximum Gasteiger partial charge on any atom is 0.0860 e. The molecule has 2 saturated carbocycles. The van der Waals surface area contributed by atoms with Crippen molar-refractivity contribution >= 4 is 0 Å². The van der Waals surface area contributed by atoms with Crippen molar-refractivity contribution in [2.24, 2.45) is 17.3 Å². The summed E-state index contributed by atoms with van der Waals surface area (Å²) in [5.41, 5.74) is -1.14. The molecule has 0 heterocycles. The first-order valence-electron chi connectivity index (χ1n) is 7.73. The first-order chi connectivity index (χ1) is 8.59. The first kappa shape index (κ1) is 13.9. The van der Waals surface area contributed by atoms with Gasteiger partial charge in [0.05, 0.1) is 17.1 Å². The fourth-order valence-electron chi connectivity index (χ4n) is 4.17. The zero-order valence-corrected chi connectivity index (χ0v) is 11.9. The lowest BCUT2D eigenvalue weighted by atomic mass is 9.61. The molecular formula is C16H27NO. The fourth-order valence-corrected chi connectivity index (χ4v) is 4.17. The van der Waals surface area contributed by atoms with Crippen molar-refractivity contribution in [2.45, 2.75) is 77.2 Å². The molecule has 2 unspecified atom stereocenters. The summed E-state index contributed by atoms with van der Waals surface area (Å²) in [5, 5.41) is 20.7. The van der Waals surface area contributed by atoms with Crippen LogP contribution >= 0.6 is 0 Å². The Morgan fingerprint density at radius 2 is 1.61 bits per heavy atom. The van der Waals surface area contributed by atoms with Crippen molar-refractivity contribution in [2.75, 3.05) is 0 Å². The topological polar surface area (TPSA) is 44.0 Å². The Morgan fingerprint density at radius 3 is 2.06 bits per heavy atom. The van der Waals surface area contributed by atoms with E-state index in [1.165, 1.54) is 6.42 Å². The van der Waals surface area contributed by atoms with Crippen LogP contribution in [0.1, 0.15) is 71.6 Å². The van der Waals surface area contributed by atoms with E-state index in [1.807, 2.05) is 0 Å². The Labute approximate surface area is 111 Å². The van der Waals surface area contributed by atoms with Gasteiger partial charge in [0, 0.05) is 0 Å². The Bertz CT molecular complexity index is 324. The molecule has 0 aromatic heterocycles. The highest BCUT2D eigenvalue weighted by molar-refractivity contribution is 5.15. The van der Waals surface area contributed by atoms with E-state index in [4.69, 9.17) is 0 Å². The minimum Gasteiger partial charge on any atom is -0.388 e. The van der Waals surface area contributed by atoms with Gasteiger partial charge in [0.25, 0.3) is 0 Å². The molecular weight excluding hydrogens is 222 g/mol. The zero-order valence-electron chi connectivity index (χ0n) is 11.9. The van der Waals surface area contributed by atoms with Gasteiger partial charge in [-0.25, -0.2) is 0 Å². The van der Waals surface area contributed by atoms with E-state index >= 15 is 0 Å². The normalized spacial score (nSPS) is 44.8. The van der Waals surface area contributed by atoms with Crippen LogP contribution in [-0.2, 0) is 0 Å². The third-order valence-corrected chi connectivity index (χ3v) is 5.81. The molecule has 0 aromatic rings. The maximum atomic E-state index is 11.0. The van der Waals surface area contributed by atoms with Crippen molar-refractivity contribution in [3.05, 3.63) is 0 Å². The van der Waals surface area contributed by atoms with Crippen molar-refractivity contribution < 1.29 is 5.11 Å². The van der Waals surface area contributed by atoms with E-state index in [2.05, 4.69) is 19.9 Å². The van der Waals surface area contributed by atoms with E-state index in [0.29, 0.717) is 5.92 Å². The molecule has 0 spiro atoms. The molecule has 2 aliphatic rings. The molecule has 2 atom stereocenters. The second-order valence-electron chi connectivity index (χ2n) is 6.59. The molecule has 2 nitrogen and oxygen atoms in total. The maximum absolute atomic E-state index is 11.0. The zero-order chi connectivity index (χ0) is 13.2. The molecule has 102 valence electrons. The highest BCUT2D eigenvalue weighted by atomic mass is 16.3. The lowest BCUT2D eigenvalue weighted by Crippen LogP contribution is -2.47. The van der Waals surface area contributed by atoms with E-state index in [9.17, 15) is 10.4 Å². The van der Waals surface area contributed by atoms with Gasteiger partial charge in [-0.05, 0) is 56.8 Å². The largest absolute Gasteiger partial charge is 0.388 e. The Balaban J connectivity index is 2.12. The summed E-state index contributed by atoms with van der Waals surface area (Å²) in [6.07, 6.45) is 9.24. The van der Waals surface area contributed by atoms with Gasteiger partial charge in [0.2, 0.25) is 0 Å². The van der Waals surface area contributed by atoms with Crippen LogP contribution in [0.25, 0.3) is 0 Å². The standard InChI is InChI=1S/C16H27NO/c1-3-13-5-8-15(12-17,9-6-13)16(18)10-7-14(4-2)11-16/h13-14,18H,3-11H2,1-2H3. The van der Waals surface area contributed by atoms with Gasteiger partial charge in [-0.1, -0.05) is 26.7 Å². The average molecular weight is 249 g/mol. The molecule has 0 aromatic carbocycles. The number of hydrogen-bond donors (Lipinski definition) is 1. The summed E-state index contributed by atoms with van der Waals surface area (Å²) in [6, 6.07) is 2.54. The quantitative estimate of drug-likeness (QED) is 0.820. The van der Waals surface area contributed by atoms with Crippen molar-refractivity contribution in [3.63, 3.8) is 0 Å². The smallest absolute Gasteiger partial charge is 0.0860 e. The number of hydrogen-bond acceptors (Lipinski definition) is 2. The van der Waals surface area contributed by atoms with Crippen molar-refractivity contribution in [1.82, 2.24) is 0 Å². The summed E-state index contributed by atoms with van der Waals surface area (Å²) in [4.78, 5) is 0. The average Bonchev–Trinajstić information content (AvgIpc) is 2.82. The molecule has 2 aliphatic carbocycles. The van der Waals surface area contributed by atoms with E-state index in [-0.39, 0.29) is 0 Å². The third kappa shape index (κ3) is 2.18. The van der Waals surface area contributed by atoms with Crippen LogP contribution in [0.15, 0.2) is 0 Å². The predicted molar refractivity (Wildman–Crippen MR) is 72.9 cm³/mol. The first-order valence-corrected chi connectivity index (χ1v) is 7.73. The van der Waals surface area contributed by atoms with E-state index in [1.54, 1.807) is 0 Å². The van der Waals surface area contributed by atoms with Gasteiger partial charge in [0.1, 0.15) is 0 Å². The van der Waals surface area contributed by atoms with Crippen molar-refractivity contribution in [3.8, 4) is 6.07 Å². The van der Waals surface area contributed by atoms with Crippen LogP contribution in [0.5, 0.6) is 0 Å². The molecule has 0 radical (unpaired) electrons. The second kappa shape index (κ2) is 5.21. The summed E-state index contributed by atoms with van der Waals surface area (Å²) in [7, 11) is 0. The number of aliphatic hydroxyl groups is 1. The van der Waals surface area contributed by atoms with Gasteiger partial charge >= 0.3 is 0 Å². The van der Waals surface area contributed by atoms with Gasteiger partial charge in [-0.3, -0.25) is 0 Å².